The van der Waals surface area contributed by atoms with E-state index in [0.717, 1.165) is 12.1 Å². The number of ether oxygens (including phenoxy) is 1. The molecule has 0 saturated carbocycles. The summed E-state index contributed by atoms with van der Waals surface area (Å²) in [4.78, 5) is 0. The highest BCUT2D eigenvalue weighted by atomic mass is 19.1. The van der Waals surface area contributed by atoms with Crippen molar-refractivity contribution in [3.05, 3.63) is 35.4 Å². The summed E-state index contributed by atoms with van der Waals surface area (Å²) in [6.45, 7) is 0.501. The Bertz CT molecular complexity index is 317. The topological polar surface area (TPSA) is 21.3 Å². The van der Waals surface area contributed by atoms with E-state index in [1.165, 1.54) is 6.07 Å². The van der Waals surface area contributed by atoms with Gasteiger partial charge in [-0.1, -0.05) is 0 Å². The van der Waals surface area contributed by atoms with Crippen LogP contribution in [0.4, 0.5) is 8.78 Å². The summed E-state index contributed by atoms with van der Waals surface area (Å²) in [6, 6.07) is 3.25. The molecule has 1 atom stereocenters. The zero-order valence-electron chi connectivity index (χ0n) is 8.89. The Balaban J connectivity index is 2.85. The second kappa shape index (κ2) is 5.78. The van der Waals surface area contributed by atoms with Gasteiger partial charge in [-0.15, -0.1) is 0 Å². The van der Waals surface area contributed by atoms with Crippen molar-refractivity contribution >= 4 is 0 Å². The average Bonchev–Trinajstić information content (AvgIpc) is 2.24. The second-order valence-electron chi connectivity index (χ2n) is 3.29. The van der Waals surface area contributed by atoms with Gasteiger partial charge < -0.3 is 10.1 Å². The highest BCUT2D eigenvalue weighted by Gasteiger charge is 2.14. The van der Waals surface area contributed by atoms with Crippen molar-refractivity contribution in [2.45, 2.75) is 12.5 Å². The van der Waals surface area contributed by atoms with Crippen LogP contribution in [-0.4, -0.2) is 20.8 Å². The van der Waals surface area contributed by atoms with E-state index in [1.807, 2.05) is 0 Å². The zero-order valence-corrected chi connectivity index (χ0v) is 8.89. The van der Waals surface area contributed by atoms with Crippen LogP contribution < -0.4 is 5.32 Å². The lowest BCUT2D eigenvalue weighted by molar-refractivity contribution is 0.183. The number of methoxy groups -OCH3 is 1. The Hall–Kier alpha value is -1.00. The van der Waals surface area contributed by atoms with Gasteiger partial charge in [-0.25, -0.2) is 8.78 Å². The molecule has 0 aliphatic carbocycles. The van der Waals surface area contributed by atoms with Gasteiger partial charge in [-0.3, -0.25) is 0 Å². The molecule has 2 nitrogen and oxygen atoms in total. The van der Waals surface area contributed by atoms with Crippen LogP contribution in [-0.2, 0) is 4.74 Å². The molecule has 1 unspecified atom stereocenters. The largest absolute Gasteiger partial charge is 0.385 e. The van der Waals surface area contributed by atoms with Gasteiger partial charge in [-0.2, -0.15) is 0 Å². The molecule has 0 fully saturated rings. The third-order valence-corrected chi connectivity index (χ3v) is 2.29. The Labute approximate surface area is 88.3 Å². The maximum Gasteiger partial charge on any atom is 0.128 e. The minimum Gasteiger partial charge on any atom is -0.385 e. The first kappa shape index (κ1) is 12.1. The van der Waals surface area contributed by atoms with Gasteiger partial charge in [0.25, 0.3) is 0 Å². The van der Waals surface area contributed by atoms with E-state index in [4.69, 9.17) is 4.74 Å². The Morgan fingerprint density at radius 1 is 1.40 bits per heavy atom. The van der Waals surface area contributed by atoms with Crippen LogP contribution in [0, 0.1) is 11.6 Å². The summed E-state index contributed by atoms with van der Waals surface area (Å²) in [7, 11) is 3.29. The molecule has 1 aromatic rings. The molecule has 0 radical (unpaired) electrons. The normalized spacial score (nSPS) is 12.8. The molecule has 4 heteroatoms. The first-order chi connectivity index (χ1) is 7.19. The molecule has 0 aliphatic heterocycles. The van der Waals surface area contributed by atoms with Crippen molar-refractivity contribution in [3.63, 3.8) is 0 Å². The van der Waals surface area contributed by atoms with Crippen LogP contribution in [0.25, 0.3) is 0 Å². The van der Waals surface area contributed by atoms with Gasteiger partial charge in [0, 0.05) is 25.3 Å². The first-order valence-electron chi connectivity index (χ1n) is 4.80. The predicted octanol–water partition coefficient (Wildman–Crippen LogP) is 2.26. The van der Waals surface area contributed by atoms with Crippen LogP contribution >= 0.6 is 0 Å². The SMILES string of the molecule is CNC(CCOC)c1cc(F)ccc1F. The van der Waals surface area contributed by atoms with E-state index >= 15 is 0 Å². The summed E-state index contributed by atoms with van der Waals surface area (Å²) < 4.78 is 31.2. The standard InChI is InChI=1S/C11H15F2NO/c1-14-11(5-6-15-2)9-7-8(12)3-4-10(9)13/h3-4,7,11,14H,5-6H2,1-2H3. The first-order valence-corrected chi connectivity index (χ1v) is 4.80. The summed E-state index contributed by atoms with van der Waals surface area (Å²) in [5.41, 5.74) is 0.342. The number of rotatable bonds is 5. The fourth-order valence-electron chi connectivity index (χ4n) is 1.47. The molecule has 1 rings (SSSR count). The lowest BCUT2D eigenvalue weighted by Crippen LogP contribution is -2.19. The van der Waals surface area contributed by atoms with E-state index in [-0.39, 0.29) is 6.04 Å². The molecule has 1 N–H and O–H groups in total. The zero-order chi connectivity index (χ0) is 11.3. The highest BCUT2D eigenvalue weighted by molar-refractivity contribution is 5.22. The fraction of sp³-hybridized carbons (Fsp3) is 0.455. The minimum absolute atomic E-state index is 0.222. The molecule has 0 aromatic heterocycles. The van der Waals surface area contributed by atoms with Crippen molar-refractivity contribution in [1.82, 2.24) is 5.32 Å². The lowest BCUT2D eigenvalue weighted by atomic mass is 10.0. The number of benzene rings is 1. The van der Waals surface area contributed by atoms with E-state index in [0.29, 0.717) is 18.6 Å². The van der Waals surface area contributed by atoms with Gasteiger partial charge in [0.2, 0.25) is 0 Å². The fourth-order valence-corrected chi connectivity index (χ4v) is 1.47. The van der Waals surface area contributed by atoms with Gasteiger partial charge >= 0.3 is 0 Å². The molecule has 84 valence electrons. The number of hydrogen-bond donors (Lipinski definition) is 1. The maximum atomic E-state index is 13.4. The molecule has 0 spiro atoms. The van der Waals surface area contributed by atoms with Crippen LogP contribution in [0.3, 0.4) is 0 Å². The molecule has 15 heavy (non-hydrogen) atoms. The van der Waals surface area contributed by atoms with Gasteiger partial charge in [0.15, 0.2) is 0 Å². The van der Waals surface area contributed by atoms with Crippen LogP contribution in [0.2, 0.25) is 0 Å². The monoisotopic (exact) mass is 215 g/mol. The average molecular weight is 215 g/mol. The highest BCUT2D eigenvalue weighted by Crippen LogP contribution is 2.20. The Morgan fingerprint density at radius 2 is 2.13 bits per heavy atom. The van der Waals surface area contributed by atoms with Crippen LogP contribution in [0.1, 0.15) is 18.0 Å². The van der Waals surface area contributed by atoms with Crippen molar-refractivity contribution in [3.8, 4) is 0 Å². The molecule has 0 bridgehead atoms. The number of hydrogen-bond acceptors (Lipinski definition) is 2. The van der Waals surface area contributed by atoms with Gasteiger partial charge in [0.05, 0.1) is 0 Å². The Morgan fingerprint density at radius 3 is 2.73 bits per heavy atom. The van der Waals surface area contributed by atoms with E-state index in [2.05, 4.69) is 5.32 Å². The van der Waals surface area contributed by atoms with Crippen molar-refractivity contribution in [2.75, 3.05) is 20.8 Å². The molecule has 0 amide bonds. The second-order valence-corrected chi connectivity index (χ2v) is 3.29. The summed E-state index contributed by atoms with van der Waals surface area (Å²) in [5, 5.41) is 2.93. The molecule has 0 saturated heterocycles. The molecular formula is C11H15F2NO. The third kappa shape index (κ3) is 3.25. The van der Waals surface area contributed by atoms with Crippen LogP contribution in [0.15, 0.2) is 18.2 Å². The number of halogens is 2. The molecule has 0 aliphatic rings. The Kier molecular flexibility index (Phi) is 4.65. The summed E-state index contributed by atoms with van der Waals surface area (Å²) in [6.07, 6.45) is 0.605. The smallest absolute Gasteiger partial charge is 0.128 e. The van der Waals surface area contributed by atoms with E-state index < -0.39 is 11.6 Å². The molecule has 0 heterocycles. The number of nitrogens with one attached hydrogen (secondary N) is 1. The molecule has 1 aromatic carbocycles. The van der Waals surface area contributed by atoms with Gasteiger partial charge in [-0.05, 0) is 31.7 Å². The third-order valence-electron chi connectivity index (χ3n) is 2.29. The lowest BCUT2D eigenvalue weighted by Gasteiger charge is -2.16. The minimum atomic E-state index is -0.427. The quantitative estimate of drug-likeness (QED) is 0.813. The summed E-state index contributed by atoms with van der Waals surface area (Å²) >= 11 is 0. The molecular weight excluding hydrogens is 200 g/mol. The summed E-state index contributed by atoms with van der Waals surface area (Å²) in [5.74, 6) is -0.823. The van der Waals surface area contributed by atoms with Crippen molar-refractivity contribution in [2.24, 2.45) is 0 Å². The van der Waals surface area contributed by atoms with Crippen LogP contribution in [0.5, 0.6) is 0 Å². The predicted molar refractivity (Wildman–Crippen MR) is 54.7 cm³/mol. The van der Waals surface area contributed by atoms with E-state index in [9.17, 15) is 8.78 Å². The maximum absolute atomic E-state index is 13.4. The van der Waals surface area contributed by atoms with Crippen molar-refractivity contribution < 1.29 is 13.5 Å². The van der Waals surface area contributed by atoms with Gasteiger partial charge in [0.1, 0.15) is 11.6 Å². The van der Waals surface area contributed by atoms with Crippen molar-refractivity contribution in [1.29, 1.82) is 0 Å². The van der Waals surface area contributed by atoms with E-state index in [1.54, 1.807) is 14.2 Å².